The van der Waals surface area contributed by atoms with E-state index in [2.05, 4.69) is 16.9 Å². The van der Waals surface area contributed by atoms with Gasteiger partial charge >= 0.3 is 5.97 Å². The Morgan fingerprint density at radius 3 is 2.03 bits per heavy atom. The summed E-state index contributed by atoms with van der Waals surface area (Å²) in [6.45, 7) is 6.31. The maximum atomic E-state index is 12.1. The molecule has 5 heteroatoms. The van der Waals surface area contributed by atoms with Crippen LogP contribution in [0.15, 0.2) is 36.7 Å². The Labute approximate surface area is 199 Å². The predicted octanol–water partition coefficient (Wildman–Crippen LogP) is 7.78. The molecule has 0 aliphatic rings. The molecule has 0 saturated carbocycles. The van der Waals surface area contributed by atoms with Gasteiger partial charge in [0.1, 0.15) is 11.1 Å². The number of alkyl halides is 1. The summed E-state index contributed by atoms with van der Waals surface area (Å²) < 4.78 is 5.37. The molecule has 0 spiro atoms. The van der Waals surface area contributed by atoms with Gasteiger partial charge in [-0.05, 0) is 55.0 Å². The van der Waals surface area contributed by atoms with E-state index in [9.17, 15) is 4.79 Å². The molecule has 0 saturated heterocycles. The monoisotopic (exact) mass is 458 g/mol. The zero-order chi connectivity index (χ0) is 23.2. The second kappa shape index (κ2) is 15.0. The molecule has 0 fully saturated rings. The van der Waals surface area contributed by atoms with Gasteiger partial charge in [-0.25, -0.2) is 9.97 Å². The Kier molecular flexibility index (Phi) is 12.3. The van der Waals surface area contributed by atoms with Crippen LogP contribution in [0, 0.1) is 5.92 Å². The van der Waals surface area contributed by atoms with Crippen LogP contribution in [-0.2, 0) is 11.2 Å². The van der Waals surface area contributed by atoms with Crippen molar-refractivity contribution in [3.63, 3.8) is 0 Å². The summed E-state index contributed by atoms with van der Waals surface area (Å²) in [5, 5.41) is -0.628. The lowest BCUT2D eigenvalue weighted by Crippen LogP contribution is -2.22. The van der Waals surface area contributed by atoms with Crippen LogP contribution in [0.25, 0.3) is 11.4 Å². The van der Waals surface area contributed by atoms with Gasteiger partial charge in [-0.15, -0.1) is 11.6 Å². The fraction of sp³-hybridized carbons (Fsp3) is 0.593. The molecule has 0 aliphatic carbocycles. The lowest BCUT2D eigenvalue weighted by Gasteiger charge is -2.11. The molecule has 1 unspecified atom stereocenters. The highest BCUT2D eigenvalue weighted by atomic mass is 35.5. The maximum absolute atomic E-state index is 12.1. The molecular weight excluding hydrogens is 420 g/mol. The first kappa shape index (κ1) is 26.3. The van der Waals surface area contributed by atoms with Crippen molar-refractivity contribution in [3.05, 3.63) is 42.2 Å². The number of ether oxygens (including phenoxy) is 1. The predicted molar refractivity (Wildman–Crippen MR) is 133 cm³/mol. The second-order valence-electron chi connectivity index (χ2n) is 9.04. The van der Waals surface area contributed by atoms with Crippen molar-refractivity contribution in [3.8, 4) is 17.1 Å². The van der Waals surface area contributed by atoms with Crippen LogP contribution in [0.2, 0.25) is 0 Å². The molecule has 0 amide bonds. The molecule has 32 heavy (non-hydrogen) atoms. The van der Waals surface area contributed by atoms with E-state index >= 15 is 0 Å². The fourth-order valence-corrected chi connectivity index (χ4v) is 4.04. The van der Waals surface area contributed by atoms with E-state index in [1.165, 1.54) is 63.4 Å². The number of carbonyl (C=O) groups is 1. The Morgan fingerprint density at radius 1 is 0.906 bits per heavy atom. The molecular formula is C27H39ClN2O2. The second-order valence-corrected chi connectivity index (χ2v) is 9.56. The number of unbranched alkanes of at least 4 members (excludes halogenated alkanes) is 8. The largest absolute Gasteiger partial charge is 0.425 e. The zero-order valence-electron chi connectivity index (χ0n) is 20.0. The van der Waals surface area contributed by atoms with Crippen LogP contribution in [-0.4, -0.2) is 21.3 Å². The van der Waals surface area contributed by atoms with Crippen LogP contribution >= 0.6 is 11.6 Å². The SMILES string of the molecule is CCCCCCCCCCCc1cnc(-c2ccc(OC(=O)C(Cl)CC(C)C)cc2)nc1. The van der Waals surface area contributed by atoms with Gasteiger partial charge in [0.05, 0.1) is 0 Å². The van der Waals surface area contributed by atoms with E-state index in [4.69, 9.17) is 16.3 Å². The van der Waals surface area contributed by atoms with Crippen LogP contribution in [0.3, 0.4) is 0 Å². The van der Waals surface area contributed by atoms with Crippen molar-refractivity contribution in [1.82, 2.24) is 9.97 Å². The Hall–Kier alpha value is -1.94. The number of hydrogen-bond donors (Lipinski definition) is 0. The van der Waals surface area contributed by atoms with Gasteiger partial charge in [0, 0.05) is 18.0 Å². The van der Waals surface area contributed by atoms with Gasteiger partial charge in [-0.3, -0.25) is 4.79 Å². The minimum atomic E-state index is -0.628. The first-order valence-corrected chi connectivity index (χ1v) is 12.7. The van der Waals surface area contributed by atoms with Crippen molar-refractivity contribution >= 4 is 17.6 Å². The van der Waals surface area contributed by atoms with Gasteiger partial charge < -0.3 is 4.74 Å². The lowest BCUT2D eigenvalue weighted by atomic mass is 10.1. The number of aromatic nitrogens is 2. The number of halogens is 1. The third kappa shape index (κ3) is 10.1. The van der Waals surface area contributed by atoms with Crippen LogP contribution in [0.4, 0.5) is 0 Å². The Balaban J connectivity index is 1.72. The molecule has 0 bridgehead atoms. The Bertz CT molecular complexity index is 775. The molecule has 176 valence electrons. The average molecular weight is 459 g/mol. The Morgan fingerprint density at radius 2 is 1.47 bits per heavy atom. The molecule has 0 aliphatic heterocycles. The number of carbonyl (C=O) groups excluding carboxylic acids is 1. The topological polar surface area (TPSA) is 52.1 Å². The van der Waals surface area contributed by atoms with Gasteiger partial charge in [0.2, 0.25) is 0 Å². The van der Waals surface area contributed by atoms with Crippen molar-refractivity contribution in [2.75, 3.05) is 0 Å². The van der Waals surface area contributed by atoms with Gasteiger partial charge in [-0.2, -0.15) is 0 Å². The van der Waals surface area contributed by atoms with E-state index in [-0.39, 0.29) is 0 Å². The standard InChI is InChI=1S/C27H39ClN2O2/c1-4-5-6-7-8-9-10-11-12-13-22-19-29-26(30-20-22)23-14-16-24(17-15-23)32-27(31)25(28)18-21(2)3/h14-17,19-21,25H,4-13,18H2,1-3H3. The number of aryl methyl sites for hydroxylation is 1. The summed E-state index contributed by atoms with van der Waals surface area (Å²) in [5.74, 6) is 1.09. The maximum Gasteiger partial charge on any atom is 0.329 e. The van der Waals surface area contributed by atoms with Crippen molar-refractivity contribution in [1.29, 1.82) is 0 Å². The van der Waals surface area contributed by atoms with Crippen molar-refractivity contribution in [2.45, 2.75) is 96.8 Å². The summed E-state index contributed by atoms with van der Waals surface area (Å²) in [6.07, 6.45) is 17.5. The third-order valence-electron chi connectivity index (χ3n) is 5.54. The molecule has 1 aromatic heterocycles. The smallest absolute Gasteiger partial charge is 0.329 e. The van der Waals surface area contributed by atoms with Gasteiger partial charge in [-0.1, -0.05) is 72.1 Å². The van der Waals surface area contributed by atoms with Crippen molar-refractivity contribution < 1.29 is 9.53 Å². The first-order chi connectivity index (χ1) is 15.5. The van der Waals surface area contributed by atoms with Gasteiger partial charge in [0.25, 0.3) is 0 Å². The normalized spacial score (nSPS) is 12.2. The summed E-state index contributed by atoms with van der Waals surface area (Å²) >= 11 is 6.11. The molecule has 2 rings (SSSR count). The van der Waals surface area contributed by atoms with Crippen molar-refractivity contribution in [2.24, 2.45) is 5.92 Å². The number of nitrogens with zero attached hydrogens (tertiary/aromatic N) is 2. The lowest BCUT2D eigenvalue weighted by molar-refractivity contribution is -0.134. The highest BCUT2D eigenvalue weighted by Gasteiger charge is 2.19. The third-order valence-corrected chi connectivity index (χ3v) is 5.90. The fourth-order valence-electron chi connectivity index (χ4n) is 3.63. The van der Waals surface area contributed by atoms with E-state index in [1.807, 2.05) is 38.4 Å². The molecule has 1 aromatic carbocycles. The highest BCUT2D eigenvalue weighted by Crippen LogP contribution is 2.21. The number of esters is 1. The number of rotatable bonds is 15. The quantitative estimate of drug-likeness (QED) is 0.118. The molecule has 1 atom stereocenters. The number of benzene rings is 1. The molecule has 2 aromatic rings. The molecule has 0 radical (unpaired) electrons. The van der Waals surface area contributed by atoms with E-state index in [1.54, 1.807) is 12.1 Å². The molecule has 0 N–H and O–H groups in total. The first-order valence-electron chi connectivity index (χ1n) is 12.3. The number of hydrogen-bond acceptors (Lipinski definition) is 4. The van der Waals surface area contributed by atoms with E-state index < -0.39 is 11.3 Å². The van der Waals surface area contributed by atoms with E-state index in [0.717, 1.165) is 12.0 Å². The van der Waals surface area contributed by atoms with Crippen LogP contribution < -0.4 is 4.74 Å². The van der Waals surface area contributed by atoms with E-state index in [0.29, 0.717) is 23.9 Å². The highest BCUT2D eigenvalue weighted by molar-refractivity contribution is 6.30. The van der Waals surface area contributed by atoms with Crippen LogP contribution in [0.5, 0.6) is 5.75 Å². The van der Waals surface area contributed by atoms with Crippen LogP contribution in [0.1, 0.15) is 90.5 Å². The van der Waals surface area contributed by atoms with Gasteiger partial charge in [0.15, 0.2) is 5.82 Å². The molecule has 4 nitrogen and oxygen atoms in total. The summed E-state index contributed by atoms with van der Waals surface area (Å²) in [4.78, 5) is 21.1. The minimum Gasteiger partial charge on any atom is -0.425 e. The minimum absolute atomic E-state index is 0.341. The average Bonchev–Trinajstić information content (AvgIpc) is 2.78. The summed E-state index contributed by atoms with van der Waals surface area (Å²) in [7, 11) is 0. The zero-order valence-corrected chi connectivity index (χ0v) is 20.7. The molecule has 1 heterocycles. The summed E-state index contributed by atoms with van der Waals surface area (Å²) in [6, 6.07) is 7.24. The summed E-state index contributed by atoms with van der Waals surface area (Å²) in [5.41, 5.74) is 2.07.